The van der Waals surface area contributed by atoms with E-state index in [1.54, 1.807) is 0 Å². The Kier molecular flexibility index (Phi) is 12.6. The summed E-state index contributed by atoms with van der Waals surface area (Å²) in [4.78, 5) is 0. The van der Waals surface area contributed by atoms with Gasteiger partial charge in [0.2, 0.25) is 0 Å². The molecule has 0 aromatic carbocycles. The minimum Gasteiger partial charge on any atom is -0.590 e. The number of hydrogen-bond acceptors (Lipinski definition) is 3. The van der Waals surface area contributed by atoms with Crippen LogP contribution in [-0.4, -0.2) is 37.6 Å². The number of aliphatic hydroxyl groups is 1. The van der Waals surface area contributed by atoms with Crippen LogP contribution in [0.5, 0.6) is 0 Å². The van der Waals surface area contributed by atoms with Crippen LogP contribution in [0.3, 0.4) is 0 Å². The van der Waals surface area contributed by atoms with E-state index in [-0.39, 0.29) is 88.7 Å². The fourth-order valence-corrected chi connectivity index (χ4v) is 6.23. The summed E-state index contributed by atoms with van der Waals surface area (Å²) in [6.07, 6.45) is 14.6. The van der Waals surface area contributed by atoms with Gasteiger partial charge >= 0.3 is 88.7 Å². The van der Waals surface area contributed by atoms with Crippen LogP contribution < -0.4 is 88.7 Å². The maximum Gasteiger partial charge on any atom is 1.00 e. The van der Waals surface area contributed by atoms with Gasteiger partial charge in [0.25, 0.3) is 0 Å². The van der Waals surface area contributed by atoms with E-state index in [9.17, 15) is 5.11 Å². The number of rotatable bonds is 7. The van der Waals surface area contributed by atoms with E-state index in [2.05, 4.69) is 0 Å². The van der Waals surface area contributed by atoms with Gasteiger partial charge in [-0.3, -0.25) is 0 Å². The second-order valence-electron chi connectivity index (χ2n) is 9.64. The van der Waals surface area contributed by atoms with Gasteiger partial charge in [-0.05, 0) is 17.8 Å². The Morgan fingerprint density at radius 1 is 0.731 bits per heavy atom. The summed E-state index contributed by atoms with van der Waals surface area (Å²) in [5.74, 6) is 2.18. The predicted molar refractivity (Wildman–Crippen MR) is 97.5 cm³/mol. The fraction of sp³-hybridized carbons (Fsp3) is 1.00. The molecule has 0 aromatic rings. The molecule has 0 saturated carbocycles. The van der Waals surface area contributed by atoms with Crippen LogP contribution >= 0.6 is 0 Å². The van der Waals surface area contributed by atoms with Crippen LogP contribution in [0.15, 0.2) is 0 Å². The van der Waals surface area contributed by atoms with Crippen LogP contribution in [0.25, 0.3) is 0 Å². The Hall–Kier alpha value is 3.01. The summed E-state index contributed by atoms with van der Waals surface area (Å²) >= 11 is 0. The van der Waals surface area contributed by atoms with Crippen molar-refractivity contribution in [3.63, 3.8) is 0 Å². The van der Waals surface area contributed by atoms with Gasteiger partial charge in [-0.15, -0.1) is 0 Å². The van der Waals surface area contributed by atoms with Crippen molar-refractivity contribution in [3.8, 4) is 0 Å². The van der Waals surface area contributed by atoms with E-state index >= 15 is 0 Å². The molecule has 132 valence electrons. The van der Waals surface area contributed by atoms with E-state index in [4.69, 9.17) is 9.31 Å². The largest absolute Gasteiger partial charge is 1.00 e. The van der Waals surface area contributed by atoms with Crippen molar-refractivity contribution in [1.82, 2.24) is 0 Å². The third-order valence-corrected chi connectivity index (χ3v) is 8.24. The Morgan fingerprint density at radius 2 is 1.12 bits per heavy atom. The molecule has 0 spiro atoms. The molecule has 6 rings (SSSR count). The molecule has 8 heteroatoms. The van der Waals surface area contributed by atoms with Crippen molar-refractivity contribution >= 4 is 12.7 Å². The first-order valence-electron chi connectivity index (χ1n) is 10.5. The van der Waals surface area contributed by atoms with E-state index < -0.39 is 12.7 Å². The van der Waals surface area contributed by atoms with Gasteiger partial charge in [-0.25, -0.2) is 0 Å². The monoisotopic (exact) mass is 389 g/mol. The maximum absolute atomic E-state index is 9.85. The van der Waals surface area contributed by atoms with E-state index in [1.165, 1.54) is 63.6 Å². The Balaban J connectivity index is 0.00000113. The molecule has 0 radical (unpaired) electrons. The quantitative estimate of drug-likeness (QED) is 0.445. The molecule has 3 nitrogen and oxygen atoms in total. The Bertz CT molecular complexity index is 351. The van der Waals surface area contributed by atoms with Crippen molar-refractivity contribution in [2.75, 3.05) is 19.8 Å². The summed E-state index contributed by atoms with van der Waals surface area (Å²) in [5.41, 5.74) is 0. The smallest absolute Gasteiger partial charge is 0.590 e. The van der Waals surface area contributed by atoms with Crippen LogP contribution in [0.2, 0.25) is 37.9 Å². The molecule has 6 aliphatic heterocycles. The van der Waals surface area contributed by atoms with Gasteiger partial charge in [-0.1, -0.05) is 38.5 Å². The molecular formula is C18H34B2Na3O3+. The van der Waals surface area contributed by atoms with Crippen molar-refractivity contribution in [2.45, 2.75) is 76.4 Å². The van der Waals surface area contributed by atoms with Gasteiger partial charge in [0.05, 0.1) is 0 Å². The van der Waals surface area contributed by atoms with Crippen molar-refractivity contribution in [1.29, 1.82) is 0 Å². The summed E-state index contributed by atoms with van der Waals surface area (Å²) in [6, 6.07) is 0. The number of aliphatic hydroxyl groups excluding tert-OH is 1. The molecule has 0 atom stereocenters. The van der Waals surface area contributed by atoms with Crippen LogP contribution in [-0.2, 0) is 9.31 Å². The van der Waals surface area contributed by atoms with Crippen molar-refractivity contribution in [2.24, 2.45) is 17.8 Å². The maximum atomic E-state index is 9.85. The summed E-state index contributed by atoms with van der Waals surface area (Å²) in [7, 11) is 0. The Labute approximate surface area is 227 Å². The zero-order valence-corrected chi connectivity index (χ0v) is 23.8. The Morgan fingerprint density at radius 3 is 1.38 bits per heavy atom. The molecule has 6 fully saturated rings. The molecule has 0 amide bonds. The number of fused-ring (bicyclic) bond motifs is 6. The first kappa shape index (κ1) is 27.0. The molecular weight excluding hydrogens is 355 g/mol. The molecule has 6 saturated heterocycles. The van der Waals surface area contributed by atoms with Crippen LogP contribution in [0.4, 0.5) is 0 Å². The molecule has 0 unspecified atom stereocenters. The summed E-state index contributed by atoms with van der Waals surface area (Å²) in [6.45, 7) is 2.39. The zero-order valence-electron chi connectivity index (χ0n) is 17.8. The second kappa shape index (κ2) is 12.2. The normalized spacial score (nSPS) is 38.7. The average Bonchev–Trinajstić information content (AvgIpc) is 2.65. The van der Waals surface area contributed by atoms with E-state index in [0.29, 0.717) is 12.5 Å². The summed E-state index contributed by atoms with van der Waals surface area (Å²) < 4.78 is 12.5. The fourth-order valence-electron chi connectivity index (χ4n) is 6.23. The average molecular weight is 389 g/mol. The van der Waals surface area contributed by atoms with Gasteiger partial charge in [0, 0.05) is 19.8 Å². The molecule has 0 aromatic heterocycles. The first-order chi connectivity index (χ1) is 11.2. The molecule has 1 N–H and O–H groups in total. The molecule has 6 heterocycles. The van der Waals surface area contributed by atoms with E-state index in [1.807, 2.05) is 0 Å². The van der Waals surface area contributed by atoms with Gasteiger partial charge in [0.15, 0.2) is 0 Å². The van der Waals surface area contributed by atoms with Crippen LogP contribution in [0, 0.1) is 17.8 Å². The molecule has 6 aliphatic rings. The van der Waals surface area contributed by atoms with Crippen molar-refractivity contribution < 1.29 is 103 Å². The third-order valence-electron chi connectivity index (χ3n) is 8.24. The van der Waals surface area contributed by atoms with Crippen molar-refractivity contribution in [3.05, 3.63) is 0 Å². The molecule has 4 bridgehead atoms. The third kappa shape index (κ3) is 6.50. The molecule has 0 aliphatic carbocycles. The van der Waals surface area contributed by atoms with Crippen LogP contribution in [0.1, 0.15) is 38.5 Å². The van der Waals surface area contributed by atoms with E-state index in [0.717, 1.165) is 37.9 Å². The predicted octanol–water partition coefficient (Wildman–Crippen LogP) is -4.84. The first-order valence-corrected chi connectivity index (χ1v) is 10.5. The SMILES string of the molecule is OCC(CC[B-]12CCC(CC1)CO2)CC[B-]12CCC(CC1)CO2.[Na+].[Na+].[Na+]. The topological polar surface area (TPSA) is 38.7 Å². The number of hydrogen-bond donors (Lipinski definition) is 1. The van der Waals surface area contributed by atoms with Gasteiger partial charge < -0.3 is 14.4 Å². The molecule has 26 heavy (non-hydrogen) atoms. The minimum absolute atomic E-state index is 0. The van der Waals surface area contributed by atoms with Gasteiger partial charge in [0.1, 0.15) is 12.7 Å². The summed E-state index contributed by atoms with van der Waals surface area (Å²) in [5, 5.41) is 9.85. The minimum atomic E-state index is -0.533. The van der Waals surface area contributed by atoms with Gasteiger partial charge in [-0.2, -0.15) is 37.9 Å². The zero-order chi connectivity index (χ0) is 15.8. The second-order valence-corrected chi connectivity index (χ2v) is 9.64. The standard InChI is InChI=1S/C18H34B2O3.3Na/c21-13-16(1-7-19-9-3-17(4-10-19)14-22-19)2-8-20-11-5-18(6-12-20)15-23-20;;;/h16-18,21H,1-15H2;;;/q-2;3*+1.